The molecule has 12 heteroatoms. The second-order valence-electron chi connectivity index (χ2n) is 8.02. The molecule has 36 heavy (non-hydrogen) atoms. The van der Waals surface area contributed by atoms with E-state index < -0.39 is 18.0 Å². The van der Waals surface area contributed by atoms with Gasteiger partial charge in [-0.1, -0.05) is 12.1 Å². The van der Waals surface area contributed by atoms with Crippen molar-refractivity contribution >= 4 is 29.0 Å². The Bertz CT molecular complexity index is 1450. The number of nitrogens with zero attached hydrogens (tertiary/aromatic N) is 3. The van der Waals surface area contributed by atoms with Gasteiger partial charge >= 0.3 is 6.36 Å². The highest BCUT2D eigenvalue weighted by molar-refractivity contribution is 6.04. The summed E-state index contributed by atoms with van der Waals surface area (Å²) in [6.45, 7) is 0. The molecule has 0 aliphatic heterocycles. The molecule has 0 unspecified atom stereocenters. The summed E-state index contributed by atoms with van der Waals surface area (Å²) in [6.07, 6.45) is -1.52. The molecule has 2 N–H and O–H groups in total. The Morgan fingerprint density at radius 2 is 1.75 bits per heavy atom. The van der Waals surface area contributed by atoms with Gasteiger partial charge in [-0.15, -0.1) is 18.3 Å². The number of carbonyl (C=O) groups excluding carboxylic acids is 2. The van der Waals surface area contributed by atoms with Gasteiger partial charge in [0, 0.05) is 29.3 Å². The number of hydrogen-bond donors (Lipinski definition) is 2. The van der Waals surface area contributed by atoms with Crippen LogP contribution >= 0.6 is 0 Å². The smallest absolute Gasteiger partial charge is 0.438 e. The number of hydrogen-bond acceptors (Lipinski definition) is 6. The topological polar surface area (TPSA) is 107 Å². The minimum absolute atomic E-state index is 0.0140. The van der Waals surface area contributed by atoms with Crippen LogP contribution in [0.2, 0.25) is 0 Å². The standard InChI is InChI=1S/C24H18F3N5O4/c25-24(26,27)36-18-6-1-3-15(11-18)23(34)28-16-4-2-5-17(12-16)35-21-10-9-20-29-19(13-32(20)31-21)30-22(33)14-7-8-14/h1-6,9-14H,7-8H2,(H,28,34)(H,30,33). The van der Waals surface area contributed by atoms with E-state index in [0.29, 0.717) is 22.9 Å². The van der Waals surface area contributed by atoms with Crippen molar-refractivity contribution in [1.29, 1.82) is 0 Å². The van der Waals surface area contributed by atoms with Crippen molar-refractivity contribution in [3.05, 3.63) is 72.4 Å². The fourth-order valence-electron chi connectivity index (χ4n) is 3.35. The van der Waals surface area contributed by atoms with E-state index in [9.17, 15) is 22.8 Å². The summed E-state index contributed by atoms with van der Waals surface area (Å²) < 4.78 is 48.5. The molecule has 1 aliphatic rings. The monoisotopic (exact) mass is 497 g/mol. The highest BCUT2D eigenvalue weighted by Gasteiger charge is 2.31. The van der Waals surface area contributed by atoms with Crippen LogP contribution in [-0.4, -0.2) is 32.8 Å². The maximum atomic E-state index is 12.5. The van der Waals surface area contributed by atoms with Gasteiger partial charge in [0.15, 0.2) is 11.5 Å². The first-order valence-corrected chi connectivity index (χ1v) is 10.8. The third-order valence-electron chi connectivity index (χ3n) is 5.14. The van der Waals surface area contributed by atoms with Gasteiger partial charge < -0.3 is 20.1 Å². The first-order chi connectivity index (χ1) is 17.2. The molecule has 1 saturated carbocycles. The van der Waals surface area contributed by atoms with Crippen LogP contribution in [0.15, 0.2) is 66.9 Å². The summed E-state index contributed by atoms with van der Waals surface area (Å²) in [4.78, 5) is 28.8. The fourth-order valence-corrected chi connectivity index (χ4v) is 3.35. The summed E-state index contributed by atoms with van der Waals surface area (Å²) in [5, 5.41) is 9.69. The summed E-state index contributed by atoms with van der Waals surface area (Å²) in [5.41, 5.74) is 0.861. The van der Waals surface area contributed by atoms with Crippen LogP contribution in [0.25, 0.3) is 5.65 Å². The summed E-state index contributed by atoms with van der Waals surface area (Å²) in [7, 11) is 0. The number of halogens is 3. The van der Waals surface area contributed by atoms with Gasteiger partial charge in [-0.05, 0) is 49.2 Å². The number of rotatable bonds is 7. The molecule has 2 aromatic heterocycles. The second-order valence-corrected chi connectivity index (χ2v) is 8.02. The minimum atomic E-state index is -4.86. The van der Waals surface area contributed by atoms with Crippen LogP contribution < -0.4 is 20.1 Å². The first-order valence-electron chi connectivity index (χ1n) is 10.8. The van der Waals surface area contributed by atoms with Gasteiger partial charge in [0.2, 0.25) is 11.8 Å². The van der Waals surface area contributed by atoms with Crippen molar-refractivity contribution in [2.24, 2.45) is 5.92 Å². The quantitative estimate of drug-likeness (QED) is 0.371. The second kappa shape index (κ2) is 9.21. The molecule has 5 rings (SSSR count). The molecule has 0 spiro atoms. The van der Waals surface area contributed by atoms with Crippen molar-refractivity contribution in [3.8, 4) is 17.4 Å². The molecule has 0 bridgehead atoms. The molecule has 4 aromatic rings. The number of anilines is 2. The third kappa shape index (κ3) is 5.71. The Morgan fingerprint density at radius 1 is 0.972 bits per heavy atom. The lowest BCUT2D eigenvalue weighted by atomic mass is 10.2. The third-order valence-corrected chi connectivity index (χ3v) is 5.14. The van der Waals surface area contributed by atoms with Gasteiger partial charge in [-0.25, -0.2) is 9.50 Å². The molecule has 0 radical (unpaired) electrons. The molecule has 1 fully saturated rings. The molecular weight excluding hydrogens is 479 g/mol. The van der Waals surface area contributed by atoms with E-state index in [1.54, 1.807) is 36.5 Å². The predicted octanol–water partition coefficient (Wildman–Crippen LogP) is 5.02. The Morgan fingerprint density at radius 3 is 2.53 bits per heavy atom. The number of imidazole rings is 1. The Hall–Kier alpha value is -4.61. The predicted molar refractivity (Wildman–Crippen MR) is 122 cm³/mol. The maximum Gasteiger partial charge on any atom is 0.573 e. The first kappa shape index (κ1) is 23.1. The van der Waals surface area contributed by atoms with E-state index in [0.717, 1.165) is 25.0 Å². The largest absolute Gasteiger partial charge is 0.573 e. The highest BCUT2D eigenvalue weighted by atomic mass is 19.4. The van der Waals surface area contributed by atoms with Crippen LogP contribution in [0.1, 0.15) is 23.2 Å². The van der Waals surface area contributed by atoms with Crippen LogP contribution in [0.4, 0.5) is 24.7 Å². The van der Waals surface area contributed by atoms with E-state index in [1.165, 1.54) is 22.7 Å². The van der Waals surface area contributed by atoms with Crippen molar-refractivity contribution < 1.29 is 32.2 Å². The number of amides is 2. The van der Waals surface area contributed by atoms with Gasteiger partial charge in [0.25, 0.3) is 5.91 Å². The number of fused-ring (bicyclic) bond motifs is 1. The zero-order valence-electron chi connectivity index (χ0n) is 18.5. The Labute approximate surface area is 201 Å². The Balaban J connectivity index is 1.26. The zero-order chi connectivity index (χ0) is 25.3. The molecule has 2 amide bonds. The number of carbonyl (C=O) groups is 2. The van der Waals surface area contributed by atoms with Crippen LogP contribution in [0.5, 0.6) is 17.4 Å². The average molecular weight is 497 g/mol. The van der Waals surface area contributed by atoms with Crippen LogP contribution in [0.3, 0.4) is 0 Å². The number of alkyl halides is 3. The number of aromatic nitrogens is 3. The van der Waals surface area contributed by atoms with Gasteiger partial charge in [-0.2, -0.15) is 0 Å². The SMILES string of the molecule is O=C(Nc1cccc(Oc2ccc3nc(NC(=O)C4CC4)cn3n2)c1)c1cccc(OC(F)(F)F)c1. The molecule has 2 heterocycles. The summed E-state index contributed by atoms with van der Waals surface area (Å²) in [5.74, 6) is -0.149. The minimum Gasteiger partial charge on any atom is -0.438 e. The summed E-state index contributed by atoms with van der Waals surface area (Å²) in [6, 6.07) is 14.5. The molecule has 184 valence electrons. The molecule has 0 atom stereocenters. The van der Waals surface area contributed by atoms with Gasteiger partial charge in [0.05, 0.1) is 6.20 Å². The van der Waals surface area contributed by atoms with Gasteiger partial charge in [0.1, 0.15) is 11.5 Å². The zero-order valence-corrected chi connectivity index (χ0v) is 18.5. The number of nitrogens with one attached hydrogen (secondary N) is 2. The van der Waals surface area contributed by atoms with Gasteiger partial charge in [-0.3, -0.25) is 9.59 Å². The lowest BCUT2D eigenvalue weighted by Crippen LogP contribution is -2.18. The van der Waals surface area contributed by atoms with E-state index in [4.69, 9.17) is 4.74 Å². The van der Waals surface area contributed by atoms with Crippen LogP contribution in [0, 0.1) is 5.92 Å². The molecule has 0 saturated heterocycles. The van der Waals surface area contributed by atoms with Crippen molar-refractivity contribution in [1.82, 2.24) is 14.6 Å². The van der Waals surface area contributed by atoms with Crippen molar-refractivity contribution in [2.75, 3.05) is 10.6 Å². The lowest BCUT2D eigenvalue weighted by molar-refractivity contribution is -0.274. The van der Waals surface area contributed by atoms with E-state index in [-0.39, 0.29) is 23.3 Å². The van der Waals surface area contributed by atoms with Crippen LogP contribution in [-0.2, 0) is 4.79 Å². The normalized spacial score (nSPS) is 13.3. The van der Waals surface area contributed by atoms with E-state index in [2.05, 4.69) is 25.5 Å². The van der Waals surface area contributed by atoms with Crippen molar-refractivity contribution in [2.45, 2.75) is 19.2 Å². The molecule has 2 aromatic carbocycles. The Kier molecular flexibility index (Phi) is 5.92. The average Bonchev–Trinajstić information content (AvgIpc) is 3.59. The lowest BCUT2D eigenvalue weighted by Gasteiger charge is -2.11. The van der Waals surface area contributed by atoms with Crippen molar-refractivity contribution in [3.63, 3.8) is 0 Å². The molecule has 9 nitrogen and oxygen atoms in total. The molecule has 1 aliphatic carbocycles. The summed E-state index contributed by atoms with van der Waals surface area (Å²) >= 11 is 0. The number of ether oxygens (including phenoxy) is 2. The molecular formula is C24H18F3N5O4. The number of benzene rings is 2. The fraction of sp³-hybridized carbons (Fsp3) is 0.167. The van der Waals surface area contributed by atoms with E-state index >= 15 is 0 Å². The van der Waals surface area contributed by atoms with E-state index in [1.807, 2.05) is 0 Å². The highest BCUT2D eigenvalue weighted by Crippen LogP contribution is 2.30. The maximum absolute atomic E-state index is 12.5.